The fraction of sp³-hybridized carbons (Fsp3) is 0.714. The van der Waals surface area contributed by atoms with E-state index in [4.69, 9.17) is 15.3 Å². The minimum absolute atomic E-state index is 0.0284. The minimum atomic E-state index is -0.448. The number of carbonyl (C=O) groups excluding carboxylic acids is 2. The Balaban J connectivity index is 0.000000371. The van der Waals surface area contributed by atoms with Crippen LogP contribution in [0.4, 0.5) is 0 Å². The lowest BCUT2D eigenvalue weighted by Crippen LogP contribution is -2.24. The lowest BCUT2D eigenvalue weighted by atomic mass is 9.92. The maximum absolute atomic E-state index is 11.7. The molecule has 2 heterocycles. The number of aromatic amines is 1. The molecule has 0 atom stereocenters. The Kier molecular flexibility index (Phi) is 10.6. The molecule has 0 aliphatic carbocycles. The quantitative estimate of drug-likeness (QED) is 0.399. The number of rotatable bonds is 6. The molecule has 3 N–H and O–H groups in total. The van der Waals surface area contributed by atoms with Gasteiger partial charge in [0.2, 0.25) is 0 Å². The van der Waals surface area contributed by atoms with E-state index in [-0.39, 0.29) is 22.8 Å². The molecule has 2 rings (SSSR count). The summed E-state index contributed by atoms with van der Waals surface area (Å²) >= 11 is 0. The van der Waals surface area contributed by atoms with Gasteiger partial charge in [-0.3, -0.25) is 14.7 Å². The smallest absolute Gasteiger partial charge is 0.306 e. The number of nitrogens with zero attached hydrogens (tertiary/aromatic N) is 3. The standard InChI is InChI=1S/C14H25N3O2.C14H24N2O2/c1-13(2,3)11-9-10(17(15)16-11)7-8-12(18)19-14(4,5)6;1-13(2,3)11-9-10(15-16-11)7-8-12(17)18-14(4,5)6/h9H,7-8,15H2,1-6H3;9H,7-8H2,1-6H3,(H,15,16). The molecule has 0 aromatic carbocycles. The second kappa shape index (κ2) is 12.1. The third kappa shape index (κ3) is 12.8. The van der Waals surface area contributed by atoms with Gasteiger partial charge in [-0.25, -0.2) is 0 Å². The van der Waals surface area contributed by atoms with Crippen molar-refractivity contribution in [2.45, 2.75) is 131 Å². The molecule has 37 heavy (non-hydrogen) atoms. The number of nitrogens with two attached hydrogens (primary N) is 1. The van der Waals surface area contributed by atoms with Crippen molar-refractivity contribution in [2.75, 3.05) is 5.84 Å². The number of ether oxygens (including phenoxy) is 2. The van der Waals surface area contributed by atoms with Crippen LogP contribution in [0.3, 0.4) is 0 Å². The van der Waals surface area contributed by atoms with Gasteiger partial charge in [-0.2, -0.15) is 15.0 Å². The van der Waals surface area contributed by atoms with E-state index in [2.05, 4.69) is 56.8 Å². The van der Waals surface area contributed by atoms with Crippen LogP contribution in [0.5, 0.6) is 0 Å². The minimum Gasteiger partial charge on any atom is -0.460 e. The number of H-pyrrole nitrogens is 1. The topological polar surface area (TPSA) is 125 Å². The molecular formula is C28H49N5O4. The molecule has 0 fully saturated rings. The van der Waals surface area contributed by atoms with Gasteiger partial charge < -0.3 is 15.3 Å². The lowest BCUT2D eigenvalue weighted by Gasteiger charge is -2.19. The van der Waals surface area contributed by atoms with Crippen LogP contribution in [0.25, 0.3) is 0 Å². The summed E-state index contributed by atoms with van der Waals surface area (Å²) in [6.45, 7) is 23.8. The van der Waals surface area contributed by atoms with Gasteiger partial charge in [-0.15, -0.1) is 0 Å². The normalized spacial score (nSPS) is 12.5. The third-order valence-corrected chi connectivity index (χ3v) is 5.00. The number of esters is 2. The summed E-state index contributed by atoms with van der Waals surface area (Å²) in [5, 5.41) is 11.5. The van der Waals surface area contributed by atoms with Crippen molar-refractivity contribution in [1.82, 2.24) is 20.1 Å². The fourth-order valence-corrected chi connectivity index (χ4v) is 3.11. The number of aromatic nitrogens is 4. The molecule has 0 spiro atoms. The van der Waals surface area contributed by atoms with Gasteiger partial charge in [-0.1, -0.05) is 41.5 Å². The van der Waals surface area contributed by atoms with Crippen molar-refractivity contribution in [3.63, 3.8) is 0 Å². The molecule has 0 saturated heterocycles. The van der Waals surface area contributed by atoms with Crippen molar-refractivity contribution in [3.05, 3.63) is 34.9 Å². The average Bonchev–Trinajstić information content (AvgIpc) is 3.29. The highest BCUT2D eigenvalue weighted by Gasteiger charge is 2.21. The van der Waals surface area contributed by atoms with E-state index in [0.717, 1.165) is 22.8 Å². The van der Waals surface area contributed by atoms with E-state index in [9.17, 15) is 9.59 Å². The first-order valence-corrected chi connectivity index (χ1v) is 12.9. The Bertz CT molecular complexity index is 1020. The van der Waals surface area contributed by atoms with Crippen LogP contribution in [0.2, 0.25) is 0 Å². The van der Waals surface area contributed by atoms with Crippen LogP contribution in [-0.2, 0) is 42.7 Å². The highest BCUT2D eigenvalue weighted by Crippen LogP contribution is 2.22. The molecule has 0 bridgehead atoms. The van der Waals surface area contributed by atoms with Crippen LogP contribution in [0.15, 0.2) is 12.1 Å². The Morgan fingerprint density at radius 1 is 0.784 bits per heavy atom. The molecule has 9 heteroatoms. The van der Waals surface area contributed by atoms with Crippen molar-refractivity contribution in [1.29, 1.82) is 0 Å². The highest BCUT2D eigenvalue weighted by molar-refractivity contribution is 5.70. The van der Waals surface area contributed by atoms with Crippen LogP contribution in [0, 0.1) is 0 Å². The second-order valence-corrected chi connectivity index (χ2v) is 13.4. The molecule has 0 amide bonds. The van der Waals surface area contributed by atoms with Crippen LogP contribution in [0.1, 0.15) is 119 Å². The summed E-state index contributed by atoms with van der Waals surface area (Å²) in [5.41, 5.74) is 2.88. The van der Waals surface area contributed by atoms with Crippen LogP contribution < -0.4 is 5.84 Å². The van der Waals surface area contributed by atoms with Gasteiger partial charge in [0.25, 0.3) is 0 Å². The van der Waals surface area contributed by atoms with Gasteiger partial charge in [0.1, 0.15) is 11.2 Å². The van der Waals surface area contributed by atoms with Gasteiger partial charge in [-0.05, 0) is 60.1 Å². The number of hydrogen-bond donors (Lipinski definition) is 2. The average molecular weight is 520 g/mol. The lowest BCUT2D eigenvalue weighted by molar-refractivity contribution is -0.155. The fourth-order valence-electron chi connectivity index (χ4n) is 3.11. The maximum atomic E-state index is 11.7. The Morgan fingerprint density at radius 3 is 1.62 bits per heavy atom. The number of carbonyl (C=O) groups is 2. The van der Waals surface area contributed by atoms with Crippen molar-refractivity contribution in [3.8, 4) is 0 Å². The van der Waals surface area contributed by atoms with Crippen molar-refractivity contribution >= 4 is 11.9 Å². The summed E-state index contributed by atoms with van der Waals surface area (Å²) in [6, 6.07) is 3.97. The van der Waals surface area contributed by atoms with E-state index in [1.807, 2.05) is 53.7 Å². The molecule has 0 radical (unpaired) electrons. The predicted octanol–water partition coefficient (Wildman–Crippen LogP) is 5.15. The molecule has 210 valence electrons. The van der Waals surface area contributed by atoms with Crippen molar-refractivity contribution < 1.29 is 19.1 Å². The van der Waals surface area contributed by atoms with E-state index < -0.39 is 11.2 Å². The van der Waals surface area contributed by atoms with Crippen LogP contribution >= 0.6 is 0 Å². The Morgan fingerprint density at radius 2 is 1.24 bits per heavy atom. The first kappa shape index (κ1) is 32.2. The largest absolute Gasteiger partial charge is 0.460 e. The Hall–Kier alpha value is -2.84. The predicted molar refractivity (Wildman–Crippen MR) is 147 cm³/mol. The van der Waals surface area contributed by atoms with Gasteiger partial charge in [0.05, 0.1) is 29.9 Å². The summed E-state index contributed by atoms with van der Waals surface area (Å²) in [4.78, 5) is 24.6. The van der Waals surface area contributed by atoms with E-state index in [1.54, 1.807) is 0 Å². The monoisotopic (exact) mass is 519 g/mol. The molecule has 2 aromatic rings. The number of hydrogen-bond acceptors (Lipinski definition) is 7. The SMILES string of the molecule is CC(C)(C)OC(=O)CCc1cc(C(C)(C)C)n[nH]1.CC(C)(C)OC(=O)CCc1cc(C(C)(C)C)nn1N. The summed E-state index contributed by atoms with van der Waals surface area (Å²) in [7, 11) is 0. The molecule has 9 nitrogen and oxygen atoms in total. The summed E-state index contributed by atoms with van der Waals surface area (Å²) < 4.78 is 10.5. The van der Waals surface area contributed by atoms with Gasteiger partial charge in [0.15, 0.2) is 0 Å². The zero-order valence-electron chi connectivity index (χ0n) is 25.0. The van der Waals surface area contributed by atoms with E-state index >= 15 is 0 Å². The zero-order valence-corrected chi connectivity index (χ0v) is 25.0. The molecular weight excluding hydrogens is 470 g/mol. The summed E-state index contributed by atoms with van der Waals surface area (Å²) in [5.74, 6) is 5.42. The van der Waals surface area contributed by atoms with Gasteiger partial charge in [0, 0.05) is 22.9 Å². The molecule has 0 unspecified atom stereocenters. The molecule has 2 aromatic heterocycles. The number of nitrogen functional groups attached to an aromatic ring is 1. The van der Waals surface area contributed by atoms with E-state index in [1.165, 1.54) is 4.79 Å². The first-order chi connectivity index (χ1) is 16.6. The van der Waals surface area contributed by atoms with Crippen molar-refractivity contribution in [2.24, 2.45) is 0 Å². The van der Waals surface area contributed by atoms with Gasteiger partial charge >= 0.3 is 11.9 Å². The maximum Gasteiger partial charge on any atom is 0.306 e. The molecule has 0 aliphatic heterocycles. The zero-order chi connectivity index (χ0) is 28.8. The third-order valence-electron chi connectivity index (χ3n) is 5.00. The second-order valence-electron chi connectivity index (χ2n) is 13.4. The Labute approximate surface area is 222 Å². The highest BCUT2D eigenvalue weighted by atomic mass is 16.6. The molecule has 0 saturated carbocycles. The number of aryl methyl sites for hydroxylation is 2. The number of nitrogens with one attached hydrogen (secondary N) is 1. The van der Waals surface area contributed by atoms with E-state index in [0.29, 0.717) is 25.7 Å². The summed E-state index contributed by atoms with van der Waals surface area (Å²) in [6.07, 6.45) is 1.86. The first-order valence-electron chi connectivity index (χ1n) is 12.9. The molecule has 0 aliphatic rings. The van der Waals surface area contributed by atoms with Crippen LogP contribution in [-0.4, -0.2) is 43.2 Å².